The molecule has 106 valence electrons. The predicted octanol–water partition coefficient (Wildman–Crippen LogP) is 2.96. The van der Waals surface area contributed by atoms with Gasteiger partial charge in [0, 0.05) is 12.4 Å². The van der Waals surface area contributed by atoms with E-state index < -0.39 is 0 Å². The van der Waals surface area contributed by atoms with E-state index in [9.17, 15) is 0 Å². The molecule has 4 nitrogen and oxygen atoms in total. The fourth-order valence-electron chi connectivity index (χ4n) is 2.07. The van der Waals surface area contributed by atoms with Crippen LogP contribution in [0.4, 0.5) is 0 Å². The molecule has 1 unspecified atom stereocenters. The lowest BCUT2D eigenvalue weighted by atomic mass is 10.0. The van der Waals surface area contributed by atoms with Crippen molar-refractivity contribution in [3.63, 3.8) is 0 Å². The second kappa shape index (κ2) is 7.01. The number of nitrogens with one attached hydrogen (secondary N) is 1. The van der Waals surface area contributed by atoms with Gasteiger partial charge in [0.25, 0.3) is 0 Å². The van der Waals surface area contributed by atoms with E-state index in [-0.39, 0.29) is 12.1 Å². The van der Waals surface area contributed by atoms with Crippen LogP contribution < -0.4 is 10.1 Å². The SMILES string of the molecule is CCNC(c1ccc(OC(C)C)cc1)c1cnccn1. The van der Waals surface area contributed by atoms with Gasteiger partial charge in [-0.25, -0.2) is 0 Å². The van der Waals surface area contributed by atoms with Gasteiger partial charge in [0.15, 0.2) is 0 Å². The Balaban J connectivity index is 2.21. The third-order valence-corrected chi connectivity index (χ3v) is 2.87. The van der Waals surface area contributed by atoms with Crippen LogP contribution in [0.2, 0.25) is 0 Å². The molecule has 0 spiro atoms. The summed E-state index contributed by atoms with van der Waals surface area (Å²) in [5.74, 6) is 0.887. The van der Waals surface area contributed by atoms with E-state index in [0.717, 1.165) is 23.6 Å². The maximum Gasteiger partial charge on any atom is 0.119 e. The minimum absolute atomic E-state index is 0.0572. The Kier molecular flexibility index (Phi) is 5.07. The molecule has 0 saturated heterocycles. The molecular formula is C16H21N3O. The first-order valence-corrected chi connectivity index (χ1v) is 6.96. The van der Waals surface area contributed by atoms with Crippen molar-refractivity contribution >= 4 is 0 Å². The number of benzene rings is 1. The van der Waals surface area contributed by atoms with Crippen molar-refractivity contribution in [1.82, 2.24) is 15.3 Å². The zero-order valence-corrected chi connectivity index (χ0v) is 12.2. The van der Waals surface area contributed by atoms with Gasteiger partial charge in [-0.15, -0.1) is 0 Å². The smallest absolute Gasteiger partial charge is 0.119 e. The quantitative estimate of drug-likeness (QED) is 0.877. The fraction of sp³-hybridized carbons (Fsp3) is 0.375. The number of aromatic nitrogens is 2. The van der Waals surface area contributed by atoms with Crippen LogP contribution in [0, 0.1) is 0 Å². The van der Waals surface area contributed by atoms with Gasteiger partial charge < -0.3 is 10.1 Å². The predicted molar refractivity (Wildman–Crippen MR) is 79.8 cm³/mol. The maximum atomic E-state index is 5.67. The van der Waals surface area contributed by atoms with Crippen molar-refractivity contribution in [2.24, 2.45) is 0 Å². The lowest BCUT2D eigenvalue weighted by Gasteiger charge is -2.18. The van der Waals surface area contributed by atoms with Gasteiger partial charge in [-0.1, -0.05) is 19.1 Å². The van der Waals surface area contributed by atoms with Gasteiger partial charge in [0.2, 0.25) is 0 Å². The lowest BCUT2D eigenvalue weighted by Crippen LogP contribution is -2.23. The first-order chi connectivity index (χ1) is 9.70. The summed E-state index contributed by atoms with van der Waals surface area (Å²) < 4.78 is 5.67. The van der Waals surface area contributed by atoms with Crippen molar-refractivity contribution < 1.29 is 4.74 Å². The van der Waals surface area contributed by atoms with Gasteiger partial charge in [0.1, 0.15) is 5.75 Å². The molecular weight excluding hydrogens is 250 g/mol. The molecule has 1 heterocycles. The Morgan fingerprint density at radius 3 is 2.45 bits per heavy atom. The summed E-state index contributed by atoms with van der Waals surface area (Å²) in [6.07, 6.45) is 5.39. The van der Waals surface area contributed by atoms with Gasteiger partial charge in [0.05, 0.1) is 24.0 Å². The molecule has 0 radical (unpaired) electrons. The zero-order chi connectivity index (χ0) is 14.4. The number of hydrogen-bond acceptors (Lipinski definition) is 4. The first kappa shape index (κ1) is 14.5. The molecule has 20 heavy (non-hydrogen) atoms. The molecule has 0 aliphatic rings. The van der Waals surface area contributed by atoms with Crippen LogP contribution >= 0.6 is 0 Å². The van der Waals surface area contributed by atoms with E-state index in [1.165, 1.54) is 0 Å². The Labute approximate surface area is 120 Å². The third-order valence-electron chi connectivity index (χ3n) is 2.87. The van der Waals surface area contributed by atoms with Gasteiger partial charge in [-0.05, 0) is 38.1 Å². The zero-order valence-electron chi connectivity index (χ0n) is 12.2. The average Bonchev–Trinajstić information content (AvgIpc) is 2.46. The second-order valence-electron chi connectivity index (χ2n) is 4.86. The van der Waals surface area contributed by atoms with Gasteiger partial charge >= 0.3 is 0 Å². The normalized spacial score (nSPS) is 12.4. The molecule has 0 aliphatic carbocycles. The first-order valence-electron chi connectivity index (χ1n) is 6.96. The summed E-state index contributed by atoms with van der Waals surface area (Å²) in [5.41, 5.74) is 2.08. The Morgan fingerprint density at radius 2 is 1.90 bits per heavy atom. The maximum absolute atomic E-state index is 5.67. The summed E-state index contributed by atoms with van der Waals surface area (Å²) >= 11 is 0. The average molecular weight is 271 g/mol. The molecule has 0 bridgehead atoms. The minimum Gasteiger partial charge on any atom is -0.491 e. The van der Waals surface area contributed by atoms with E-state index in [2.05, 4.69) is 34.3 Å². The minimum atomic E-state index is 0.0572. The van der Waals surface area contributed by atoms with Crippen LogP contribution in [0.25, 0.3) is 0 Å². The van der Waals surface area contributed by atoms with Crippen LogP contribution in [-0.2, 0) is 0 Å². The number of hydrogen-bond donors (Lipinski definition) is 1. The summed E-state index contributed by atoms with van der Waals surface area (Å²) in [6.45, 7) is 6.99. The van der Waals surface area contributed by atoms with E-state index in [0.29, 0.717) is 0 Å². The molecule has 1 atom stereocenters. The molecule has 0 saturated carbocycles. The van der Waals surface area contributed by atoms with Crippen LogP contribution in [0.5, 0.6) is 5.75 Å². The highest BCUT2D eigenvalue weighted by atomic mass is 16.5. The van der Waals surface area contributed by atoms with Gasteiger partial charge in [-0.3, -0.25) is 9.97 Å². The summed E-state index contributed by atoms with van der Waals surface area (Å²) in [7, 11) is 0. The number of nitrogens with zero attached hydrogens (tertiary/aromatic N) is 2. The van der Waals surface area contributed by atoms with E-state index in [1.54, 1.807) is 18.6 Å². The highest BCUT2D eigenvalue weighted by Crippen LogP contribution is 2.22. The molecule has 2 aromatic rings. The van der Waals surface area contributed by atoms with E-state index in [4.69, 9.17) is 4.74 Å². The molecule has 4 heteroatoms. The molecule has 1 aromatic carbocycles. The van der Waals surface area contributed by atoms with Crippen molar-refractivity contribution in [3.8, 4) is 5.75 Å². The highest BCUT2D eigenvalue weighted by molar-refractivity contribution is 5.32. The molecule has 0 amide bonds. The van der Waals surface area contributed by atoms with Crippen molar-refractivity contribution in [1.29, 1.82) is 0 Å². The molecule has 0 fully saturated rings. The summed E-state index contributed by atoms with van der Waals surface area (Å²) in [6, 6.07) is 8.19. The van der Waals surface area contributed by atoms with Crippen molar-refractivity contribution in [2.45, 2.75) is 32.9 Å². The lowest BCUT2D eigenvalue weighted by molar-refractivity contribution is 0.242. The van der Waals surface area contributed by atoms with Crippen molar-refractivity contribution in [3.05, 3.63) is 54.1 Å². The fourth-order valence-corrected chi connectivity index (χ4v) is 2.07. The van der Waals surface area contributed by atoms with Crippen LogP contribution in [0.1, 0.15) is 38.1 Å². The molecule has 1 aromatic heterocycles. The van der Waals surface area contributed by atoms with Crippen molar-refractivity contribution in [2.75, 3.05) is 6.54 Å². The Morgan fingerprint density at radius 1 is 1.15 bits per heavy atom. The molecule has 1 N–H and O–H groups in total. The number of ether oxygens (including phenoxy) is 1. The van der Waals surface area contributed by atoms with Crippen LogP contribution in [0.15, 0.2) is 42.9 Å². The summed E-state index contributed by atoms with van der Waals surface area (Å²) in [5, 5.41) is 3.43. The number of rotatable bonds is 6. The van der Waals surface area contributed by atoms with Crippen LogP contribution in [0.3, 0.4) is 0 Å². The van der Waals surface area contributed by atoms with Crippen LogP contribution in [-0.4, -0.2) is 22.6 Å². The third kappa shape index (κ3) is 3.78. The van der Waals surface area contributed by atoms with E-state index >= 15 is 0 Å². The Hall–Kier alpha value is -1.94. The molecule has 0 aliphatic heterocycles. The summed E-state index contributed by atoms with van der Waals surface area (Å²) in [4.78, 5) is 8.53. The second-order valence-corrected chi connectivity index (χ2v) is 4.86. The van der Waals surface area contributed by atoms with Gasteiger partial charge in [-0.2, -0.15) is 0 Å². The molecule has 2 rings (SSSR count). The standard InChI is InChI=1S/C16H21N3O/c1-4-18-16(15-11-17-9-10-19-15)13-5-7-14(8-6-13)20-12(2)3/h5-12,16,18H,4H2,1-3H3. The highest BCUT2D eigenvalue weighted by Gasteiger charge is 2.14. The monoisotopic (exact) mass is 271 g/mol. The largest absolute Gasteiger partial charge is 0.491 e. The Bertz CT molecular complexity index is 511. The van der Waals surface area contributed by atoms with E-state index in [1.807, 2.05) is 26.0 Å². The topological polar surface area (TPSA) is 47.0 Å².